The van der Waals surface area contributed by atoms with Crippen LogP contribution >= 0.6 is 0 Å². The molecule has 4 N–H and O–H groups in total. The van der Waals surface area contributed by atoms with Crippen molar-refractivity contribution in [2.24, 2.45) is 0 Å². The molecule has 0 saturated heterocycles. The molecule has 0 unspecified atom stereocenters. The maximum absolute atomic E-state index is 9.24. The van der Waals surface area contributed by atoms with Crippen LogP contribution in [0.1, 0.15) is 5.56 Å². The molecule has 0 fully saturated rings. The van der Waals surface area contributed by atoms with E-state index in [0.29, 0.717) is 29.4 Å². The fraction of sp³-hybridized carbons (Fsp3) is 0.133. The number of ether oxygens (including phenoxy) is 2. The molecule has 112 valence electrons. The normalized spacial score (nSPS) is 9.82. The number of rotatable bonds is 5. The van der Waals surface area contributed by atoms with Crippen LogP contribution < -0.4 is 20.9 Å². The molecule has 0 radical (unpaired) electrons. The lowest BCUT2D eigenvalue weighted by molar-refractivity contribution is 0.326. The van der Waals surface area contributed by atoms with Gasteiger partial charge in [-0.25, -0.2) is 4.98 Å². The number of aromatic nitrogens is 2. The molecule has 1 aromatic carbocycles. The third-order valence-corrected chi connectivity index (χ3v) is 2.86. The minimum Gasteiger partial charge on any atom is -0.493 e. The Hall–Kier alpha value is -3.27. The van der Waals surface area contributed by atoms with Crippen LogP contribution in [0.25, 0.3) is 11.3 Å². The molecule has 0 amide bonds. The lowest BCUT2D eigenvalue weighted by atomic mass is 10.1. The molecular weight excluding hydrogens is 282 g/mol. The Bertz CT molecular complexity index is 752. The summed E-state index contributed by atoms with van der Waals surface area (Å²) < 4.78 is 10.8. The van der Waals surface area contributed by atoms with Gasteiger partial charge in [0.15, 0.2) is 11.5 Å². The molecule has 0 aliphatic heterocycles. The minimum absolute atomic E-state index is 0.00382. The highest BCUT2D eigenvalue weighted by Gasteiger charge is 2.15. The third-order valence-electron chi connectivity index (χ3n) is 2.86. The van der Waals surface area contributed by atoms with E-state index in [0.717, 1.165) is 0 Å². The monoisotopic (exact) mass is 297 g/mol. The van der Waals surface area contributed by atoms with E-state index in [-0.39, 0.29) is 17.3 Å². The van der Waals surface area contributed by atoms with Crippen LogP contribution in [0.2, 0.25) is 0 Å². The Morgan fingerprint density at radius 3 is 2.73 bits per heavy atom. The van der Waals surface area contributed by atoms with Crippen LogP contribution in [0.5, 0.6) is 11.5 Å². The molecule has 0 aliphatic rings. The van der Waals surface area contributed by atoms with Crippen LogP contribution in [0.15, 0.2) is 30.9 Å². The van der Waals surface area contributed by atoms with Crippen LogP contribution in [0.4, 0.5) is 11.8 Å². The molecular formula is C15H15N5O2. The number of nitriles is 1. The predicted molar refractivity (Wildman–Crippen MR) is 83.3 cm³/mol. The topological polar surface area (TPSA) is 120 Å². The fourth-order valence-corrected chi connectivity index (χ4v) is 1.90. The number of nitrogens with zero attached hydrogens (tertiary/aromatic N) is 3. The van der Waals surface area contributed by atoms with E-state index in [2.05, 4.69) is 16.5 Å². The number of nitrogens with two attached hydrogens (primary N) is 2. The summed E-state index contributed by atoms with van der Waals surface area (Å²) in [5.74, 6) is 1.09. The van der Waals surface area contributed by atoms with Crippen molar-refractivity contribution in [1.29, 1.82) is 5.26 Å². The number of anilines is 2. The Labute approximate surface area is 127 Å². The van der Waals surface area contributed by atoms with Gasteiger partial charge in [-0.05, 0) is 18.2 Å². The van der Waals surface area contributed by atoms with Crippen LogP contribution in [0, 0.1) is 11.3 Å². The SMILES string of the molecule is C=CCOc1cc(-c2nc(N)nc(N)c2C#N)ccc1OC. The Morgan fingerprint density at radius 2 is 2.09 bits per heavy atom. The number of benzene rings is 1. The lowest BCUT2D eigenvalue weighted by Crippen LogP contribution is -2.05. The number of hydrogen-bond acceptors (Lipinski definition) is 7. The second-order valence-electron chi connectivity index (χ2n) is 4.27. The molecule has 0 spiro atoms. The van der Waals surface area contributed by atoms with Crippen LogP contribution in [-0.2, 0) is 0 Å². The lowest BCUT2D eigenvalue weighted by Gasteiger charge is -2.12. The summed E-state index contributed by atoms with van der Waals surface area (Å²) in [4.78, 5) is 7.89. The van der Waals surface area contributed by atoms with Crippen molar-refractivity contribution in [1.82, 2.24) is 9.97 Å². The number of hydrogen-bond donors (Lipinski definition) is 2. The van der Waals surface area contributed by atoms with Crippen molar-refractivity contribution >= 4 is 11.8 Å². The maximum atomic E-state index is 9.24. The third kappa shape index (κ3) is 2.91. The van der Waals surface area contributed by atoms with Crippen molar-refractivity contribution in [2.45, 2.75) is 0 Å². The quantitative estimate of drug-likeness (QED) is 0.806. The summed E-state index contributed by atoms with van der Waals surface area (Å²) >= 11 is 0. The minimum atomic E-state index is -0.00382. The van der Waals surface area contributed by atoms with Crippen molar-refractivity contribution in [3.8, 4) is 28.8 Å². The van der Waals surface area contributed by atoms with E-state index >= 15 is 0 Å². The molecule has 1 aromatic heterocycles. The summed E-state index contributed by atoms with van der Waals surface area (Å²) in [7, 11) is 1.54. The molecule has 0 saturated carbocycles. The van der Waals surface area contributed by atoms with E-state index in [9.17, 15) is 5.26 Å². The zero-order chi connectivity index (χ0) is 16.1. The van der Waals surface area contributed by atoms with Crippen LogP contribution in [0.3, 0.4) is 0 Å². The van der Waals surface area contributed by atoms with Crippen molar-refractivity contribution < 1.29 is 9.47 Å². The van der Waals surface area contributed by atoms with Crippen molar-refractivity contribution in [2.75, 3.05) is 25.2 Å². The molecule has 0 atom stereocenters. The Morgan fingerprint density at radius 1 is 1.32 bits per heavy atom. The van der Waals surface area contributed by atoms with E-state index in [1.54, 1.807) is 24.3 Å². The van der Waals surface area contributed by atoms with Crippen LogP contribution in [-0.4, -0.2) is 23.7 Å². The molecule has 22 heavy (non-hydrogen) atoms. The van der Waals surface area contributed by atoms with Gasteiger partial charge >= 0.3 is 0 Å². The first-order valence-electron chi connectivity index (χ1n) is 6.36. The second kappa shape index (κ2) is 6.45. The van der Waals surface area contributed by atoms with Gasteiger partial charge < -0.3 is 20.9 Å². The van der Waals surface area contributed by atoms with Crippen molar-refractivity contribution in [3.63, 3.8) is 0 Å². The molecule has 7 nitrogen and oxygen atoms in total. The maximum Gasteiger partial charge on any atom is 0.222 e. The van der Waals surface area contributed by atoms with Gasteiger partial charge in [0, 0.05) is 5.56 Å². The first-order valence-corrected chi connectivity index (χ1v) is 6.36. The average Bonchev–Trinajstić information content (AvgIpc) is 2.52. The second-order valence-corrected chi connectivity index (χ2v) is 4.27. The van der Waals surface area contributed by atoms with E-state index in [1.807, 2.05) is 6.07 Å². The summed E-state index contributed by atoms with van der Waals surface area (Å²) in [6, 6.07) is 7.14. The summed E-state index contributed by atoms with van der Waals surface area (Å²) in [6.07, 6.45) is 1.62. The van der Waals surface area contributed by atoms with Gasteiger partial charge in [-0.1, -0.05) is 12.7 Å². The number of methoxy groups -OCH3 is 1. The highest BCUT2D eigenvalue weighted by Crippen LogP contribution is 2.34. The standard InChI is InChI=1S/C15H15N5O2/c1-3-6-22-12-7-9(4-5-11(12)21-2)13-10(8-16)14(17)20-15(18)19-13/h3-5,7H,1,6H2,2H3,(H4,17,18,19,20). The Kier molecular flexibility index (Phi) is 4.44. The molecule has 7 heteroatoms. The zero-order valence-corrected chi connectivity index (χ0v) is 12.0. The zero-order valence-electron chi connectivity index (χ0n) is 12.0. The van der Waals surface area contributed by atoms with E-state index in [4.69, 9.17) is 20.9 Å². The predicted octanol–water partition coefficient (Wildman–Crippen LogP) is 1.75. The van der Waals surface area contributed by atoms with Crippen molar-refractivity contribution in [3.05, 3.63) is 36.4 Å². The average molecular weight is 297 g/mol. The van der Waals surface area contributed by atoms with Gasteiger partial charge in [0.05, 0.1) is 12.8 Å². The first kappa shape index (κ1) is 15.1. The fourth-order valence-electron chi connectivity index (χ4n) is 1.90. The van der Waals surface area contributed by atoms with Gasteiger partial charge in [-0.15, -0.1) is 0 Å². The Balaban J connectivity index is 2.58. The molecule has 0 bridgehead atoms. The molecule has 2 rings (SSSR count). The van der Waals surface area contributed by atoms with E-state index < -0.39 is 0 Å². The largest absolute Gasteiger partial charge is 0.493 e. The van der Waals surface area contributed by atoms with Gasteiger partial charge in [0.25, 0.3) is 0 Å². The molecule has 0 aliphatic carbocycles. The number of nitrogen functional groups attached to an aromatic ring is 2. The highest BCUT2D eigenvalue weighted by atomic mass is 16.5. The first-order chi connectivity index (χ1) is 10.6. The van der Waals surface area contributed by atoms with Gasteiger partial charge in [-0.2, -0.15) is 10.2 Å². The summed E-state index contributed by atoms with van der Waals surface area (Å²) in [6.45, 7) is 3.92. The summed E-state index contributed by atoms with van der Waals surface area (Å²) in [5.41, 5.74) is 12.5. The van der Waals surface area contributed by atoms with Gasteiger partial charge in [0.1, 0.15) is 24.1 Å². The summed E-state index contributed by atoms with van der Waals surface area (Å²) in [5, 5.41) is 9.24. The smallest absolute Gasteiger partial charge is 0.222 e. The van der Waals surface area contributed by atoms with E-state index in [1.165, 1.54) is 7.11 Å². The molecule has 1 heterocycles. The highest BCUT2D eigenvalue weighted by molar-refractivity contribution is 5.74. The van der Waals surface area contributed by atoms with Gasteiger partial charge in [0.2, 0.25) is 5.95 Å². The van der Waals surface area contributed by atoms with Gasteiger partial charge in [-0.3, -0.25) is 0 Å². The molecule has 2 aromatic rings.